The summed E-state index contributed by atoms with van der Waals surface area (Å²) in [4.78, 5) is 1.63. The fourth-order valence-corrected chi connectivity index (χ4v) is 2.09. The van der Waals surface area contributed by atoms with Gasteiger partial charge in [0.2, 0.25) is 0 Å². The zero-order chi connectivity index (χ0) is 11.8. The van der Waals surface area contributed by atoms with E-state index in [-0.39, 0.29) is 5.82 Å². The molecular formula is C12H9FN4. The summed E-state index contributed by atoms with van der Waals surface area (Å²) >= 11 is 0. The van der Waals surface area contributed by atoms with Gasteiger partial charge < -0.3 is 4.90 Å². The number of nitrogens with zero attached hydrogens (tertiary/aromatic N) is 3. The van der Waals surface area contributed by atoms with Gasteiger partial charge in [0.05, 0.1) is 24.5 Å². The highest BCUT2D eigenvalue weighted by Crippen LogP contribution is 2.30. The quantitative estimate of drug-likeness (QED) is 0.759. The number of benzene rings is 1. The molecule has 3 rings (SSSR count). The Morgan fingerprint density at radius 3 is 3.06 bits per heavy atom. The van der Waals surface area contributed by atoms with Crippen molar-refractivity contribution < 1.29 is 4.39 Å². The largest absolute Gasteiger partial charge is 0.300 e. The van der Waals surface area contributed by atoms with Gasteiger partial charge in [-0.05, 0) is 12.1 Å². The van der Waals surface area contributed by atoms with Crippen LogP contribution in [0.3, 0.4) is 0 Å². The van der Waals surface area contributed by atoms with Crippen molar-refractivity contribution in [2.75, 3.05) is 0 Å². The molecule has 2 heterocycles. The molecule has 1 aromatic carbocycles. The summed E-state index contributed by atoms with van der Waals surface area (Å²) in [5, 5.41) is 15.9. The van der Waals surface area contributed by atoms with Crippen LogP contribution in [0.1, 0.15) is 11.3 Å². The molecule has 17 heavy (non-hydrogen) atoms. The van der Waals surface area contributed by atoms with Gasteiger partial charge in [0, 0.05) is 11.1 Å². The van der Waals surface area contributed by atoms with Crippen molar-refractivity contribution in [3.05, 3.63) is 41.3 Å². The summed E-state index contributed by atoms with van der Waals surface area (Å²) in [5.74, 6) is -0.283. The van der Waals surface area contributed by atoms with Gasteiger partial charge in [-0.3, -0.25) is 5.10 Å². The molecule has 1 aromatic heterocycles. The molecule has 2 aromatic rings. The van der Waals surface area contributed by atoms with Crippen LogP contribution in [0, 0.1) is 17.3 Å². The summed E-state index contributed by atoms with van der Waals surface area (Å²) in [6.45, 7) is 1.09. The Balaban J connectivity index is 2.05. The lowest BCUT2D eigenvalue weighted by molar-refractivity contribution is 0.412. The van der Waals surface area contributed by atoms with E-state index in [1.54, 1.807) is 11.0 Å². The lowest BCUT2D eigenvalue weighted by Crippen LogP contribution is -2.08. The molecule has 0 radical (unpaired) electrons. The summed E-state index contributed by atoms with van der Waals surface area (Å²) in [7, 11) is 0. The fraction of sp³-hybridized carbons (Fsp3) is 0.167. The van der Waals surface area contributed by atoms with E-state index in [0.29, 0.717) is 13.1 Å². The van der Waals surface area contributed by atoms with E-state index in [1.165, 1.54) is 12.1 Å². The Morgan fingerprint density at radius 1 is 1.41 bits per heavy atom. The molecule has 84 valence electrons. The van der Waals surface area contributed by atoms with Crippen LogP contribution in [0.25, 0.3) is 11.3 Å². The van der Waals surface area contributed by atoms with Crippen LogP contribution < -0.4 is 0 Å². The standard InChI is InChI=1S/C12H9FN4/c13-9-3-1-2-8(4-9)12-10-5-17(7-14)6-11(10)15-16-12/h1-4H,5-6H2,(H,15,16). The molecule has 0 bridgehead atoms. The van der Waals surface area contributed by atoms with Gasteiger partial charge in [0.25, 0.3) is 0 Å². The van der Waals surface area contributed by atoms with Crippen molar-refractivity contribution in [1.29, 1.82) is 5.26 Å². The lowest BCUT2D eigenvalue weighted by Gasteiger charge is -2.05. The predicted molar refractivity (Wildman–Crippen MR) is 58.8 cm³/mol. The van der Waals surface area contributed by atoms with Gasteiger partial charge in [-0.2, -0.15) is 10.4 Å². The van der Waals surface area contributed by atoms with Crippen molar-refractivity contribution in [3.63, 3.8) is 0 Å². The molecule has 1 N–H and O–H groups in total. The third kappa shape index (κ3) is 1.54. The fourth-order valence-electron chi connectivity index (χ4n) is 2.09. The van der Waals surface area contributed by atoms with Gasteiger partial charge in [-0.25, -0.2) is 4.39 Å². The Bertz CT molecular complexity index is 611. The Morgan fingerprint density at radius 2 is 2.29 bits per heavy atom. The number of aromatic nitrogens is 2. The molecule has 0 atom stereocenters. The summed E-state index contributed by atoms with van der Waals surface area (Å²) in [6, 6.07) is 6.32. The van der Waals surface area contributed by atoms with Gasteiger partial charge in [0.1, 0.15) is 5.82 Å². The zero-order valence-electron chi connectivity index (χ0n) is 8.94. The highest BCUT2D eigenvalue weighted by atomic mass is 19.1. The molecular weight excluding hydrogens is 219 g/mol. The van der Waals surface area contributed by atoms with Crippen LogP contribution in [0.5, 0.6) is 0 Å². The molecule has 0 fully saturated rings. The normalized spacial score (nSPS) is 13.5. The van der Waals surface area contributed by atoms with Crippen LogP contribution in [0.2, 0.25) is 0 Å². The SMILES string of the molecule is N#CN1Cc2[nH]nc(-c3cccc(F)c3)c2C1. The van der Waals surface area contributed by atoms with Crippen molar-refractivity contribution in [2.45, 2.75) is 13.1 Å². The number of aromatic amines is 1. The number of nitrogens with one attached hydrogen (secondary N) is 1. The monoisotopic (exact) mass is 228 g/mol. The molecule has 0 unspecified atom stereocenters. The van der Waals surface area contributed by atoms with Gasteiger partial charge >= 0.3 is 0 Å². The first-order valence-electron chi connectivity index (χ1n) is 5.24. The molecule has 4 nitrogen and oxygen atoms in total. The molecule has 0 saturated carbocycles. The third-order valence-electron chi connectivity index (χ3n) is 2.89. The first-order chi connectivity index (χ1) is 8.28. The highest BCUT2D eigenvalue weighted by molar-refractivity contribution is 5.64. The van der Waals surface area contributed by atoms with Crippen LogP contribution >= 0.6 is 0 Å². The average Bonchev–Trinajstić information content (AvgIpc) is 2.87. The lowest BCUT2D eigenvalue weighted by atomic mass is 10.1. The smallest absolute Gasteiger partial charge is 0.180 e. The molecule has 0 aliphatic carbocycles. The topological polar surface area (TPSA) is 55.7 Å². The molecule has 0 spiro atoms. The maximum absolute atomic E-state index is 13.2. The average molecular weight is 228 g/mol. The first kappa shape index (κ1) is 9.85. The van der Waals surface area contributed by atoms with E-state index in [9.17, 15) is 4.39 Å². The predicted octanol–water partition coefficient (Wildman–Crippen LogP) is 2.01. The van der Waals surface area contributed by atoms with Crippen molar-refractivity contribution in [3.8, 4) is 17.5 Å². The van der Waals surface area contributed by atoms with Crippen LogP contribution in [-0.2, 0) is 13.1 Å². The van der Waals surface area contributed by atoms with Crippen LogP contribution in [-0.4, -0.2) is 15.1 Å². The number of fused-ring (bicyclic) bond motifs is 1. The Hall–Kier alpha value is -2.35. The summed E-state index contributed by atoms with van der Waals surface area (Å²) < 4.78 is 13.2. The van der Waals surface area contributed by atoms with Crippen LogP contribution in [0.15, 0.2) is 24.3 Å². The molecule has 0 amide bonds. The molecule has 5 heteroatoms. The minimum atomic E-state index is -0.283. The zero-order valence-corrected chi connectivity index (χ0v) is 8.94. The van der Waals surface area contributed by atoms with E-state index >= 15 is 0 Å². The number of hydrogen-bond acceptors (Lipinski definition) is 3. The molecule has 0 saturated heterocycles. The van der Waals surface area contributed by atoms with E-state index in [2.05, 4.69) is 16.4 Å². The Labute approximate surface area is 97.3 Å². The highest BCUT2D eigenvalue weighted by Gasteiger charge is 2.24. The van der Waals surface area contributed by atoms with Gasteiger partial charge in [-0.15, -0.1) is 0 Å². The number of H-pyrrole nitrogens is 1. The van der Waals surface area contributed by atoms with Crippen LogP contribution in [0.4, 0.5) is 4.39 Å². The number of rotatable bonds is 1. The second kappa shape index (κ2) is 3.59. The maximum atomic E-state index is 13.2. The van der Waals surface area contributed by atoms with E-state index in [0.717, 1.165) is 22.5 Å². The van der Waals surface area contributed by atoms with Gasteiger partial charge in [0.15, 0.2) is 6.19 Å². The second-order valence-corrected chi connectivity index (χ2v) is 4.00. The maximum Gasteiger partial charge on any atom is 0.180 e. The summed E-state index contributed by atoms with van der Waals surface area (Å²) in [5.41, 5.74) is 3.39. The second-order valence-electron chi connectivity index (χ2n) is 4.00. The third-order valence-corrected chi connectivity index (χ3v) is 2.89. The van der Waals surface area contributed by atoms with E-state index in [4.69, 9.17) is 5.26 Å². The van der Waals surface area contributed by atoms with Crippen molar-refractivity contribution in [2.24, 2.45) is 0 Å². The minimum Gasteiger partial charge on any atom is -0.300 e. The van der Waals surface area contributed by atoms with E-state index in [1.807, 2.05) is 6.07 Å². The number of halogens is 1. The van der Waals surface area contributed by atoms with E-state index < -0.39 is 0 Å². The molecule has 1 aliphatic heterocycles. The Kier molecular flexibility index (Phi) is 2.08. The minimum absolute atomic E-state index is 0.283. The number of hydrogen-bond donors (Lipinski definition) is 1. The van der Waals surface area contributed by atoms with Gasteiger partial charge in [-0.1, -0.05) is 12.1 Å². The number of nitriles is 1. The summed E-state index contributed by atoms with van der Waals surface area (Å²) in [6.07, 6.45) is 2.10. The van der Waals surface area contributed by atoms with Crippen molar-refractivity contribution in [1.82, 2.24) is 15.1 Å². The van der Waals surface area contributed by atoms with Crippen molar-refractivity contribution >= 4 is 0 Å². The molecule has 1 aliphatic rings. The first-order valence-corrected chi connectivity index (χ1v) is 5.24.